The van der Waals surface area contributed by atoms with Crippen LogP contribution in [0.3, 0.4) is 0 Å². The van der Waals surface area contributed by atoms with Crippen molar-refractivity contribution >= 4 is 27.5 Å². The number of hydrazine groups is 1. The van der Waals surface area contributed by atoms with E-state index >= 15 is 0 Å². The summed E-state index contributed by atoms with van der Waals surface area (Å²) in [7, 11) is -3.87. The van der Waals surface area contributed by atoms with Crippen molar-refractivity contribution in [3.8, 4) is 5.75 Å². The second-order valence-corrected chi connectivity index (χ2v) is 7.32. The van der Waals surface area contributed by atoms with Crippen molar-refractivity contribution in [3.63, 3.8) is 0 Å². The molecule has 8 heteroatoms. The number of rotatable bonds is 6. The predicted octanol–water partition coefficient (Wildman–Crippen LogP) is 2.75. The highest BCUT2D eigenvalue weighted by molar-refractivity contribution is 7.89. The van der Waals surface area contributed by atoms with Crippen molar-refractivity contribution in [2.75, 3.05) is 0 Å². The fourth-order valence-electron chi connectivity index (χ4n) is 1.82. The molecule has 0 spiro atoms. The quantitative estimate of drug-likeness (QED) is 0.768. The third kappa shape index (κ3) is 4.95. The number of ether oxygens (including phenoxy) is 1. The van der Waals surface area contributed by atoms with E-state index in [0.717, 1.165) is 0 Å². The molecule has 0 aliphatic heterocycles. The first kappa shape index (κ1) is 18.3. The van der Waals surface area contributed by atoms with E-state index in [9.17, 15) is 13.2 Å². The van der Waals surface area contributed by atoms with Crippen LogP contribution in [0.2, 0.25) is 5.02 Å². The van der Waals surface area contributed by atoms with Gasteiger partial charge in [-0.1, -0.05) is 11.6 Å². The first-order chi connectivity index (χ1) is 11.3. The molecule has 0 atom stereocenters. The second kappa shape index (κ2) is 7.65. The lowest BCUT2D eigenvalue weighted by Crippen LogP contribution is -2.41. The second-order valence-electron chi connectivity index (χ2n) is 5.20. The maximum atomic E-state index is 12.1. The fraction of sp³-hybridized carbons (Fsp3) is 0.188. The number of carbonyl (C=O) groups excluding carboxylic acids is 1. The monoisotopic (exact) mass is 368 g/mol. The number of sulfonamides is 1. The zero-order valence-electron chi connectivity index (χ0n) is 13.1. The van der Waals surface area contributed by atoms with Gasteiger partial charge in [-0.15, -0.1) is 4.83 Å². The molecule has 0 radical (unpaired) electrons. The van der Waals surface area contributed by atoms with Crippen LogP contribution in [0.1, 0.15) is 24.2 Å². The fourth-order valence-corrected chi connectivity index (χ4v) is 2.78. The van der Waals surface area contributed by atoms with Gasteiger partial charge in [-0.2, -0.15) is 0 Å². The molecule has 6 nitrogen and oxygen atoms in total. The minimum atomic E-state index is -3.87. The van der Waals surface area contributed by atoms with E-state index in [1.165, 1.54) is 24.3 Å². The molecule has 2 N–H and O–H groups in total. The Morgan fingerprint density at radius 2 is 1.62 bits per heavy atom. The Kier molecular flexibility index (Phi) is 5.82. The molecule has 0 aliphatic carbocycles. The number of hydrogen-bond acceptors (Lipinski definition) is 4. The Morgan fingerprint density at radius 1 is 1.04 bits per heavy atom. The molecular formula is C16H17ClN2O4S. The average Bonchev–Trinajstić information content (AvgIpc) is 2.53. The normalized spacial score (nSPS) is 11.3. The molecule has 2 aromatic rings. The maximum Gasteiger partial charge on any atom is 0.266 e. The SMILES string of the molecule is CC(C)Oc1ccc(C(=O)NNS(=O)(=O)c2ccc(Cl)cc2)cc1. The van der Waals surface area contributed by atoms with Crippen LogP contribution in [-0.4, -0.2) is 20.4 Å². The highest BCUT2D eigenvalue weighted by Gasteiger charge is 2.15. The molecule has 24 heavy (non-hydrogen) atoms. The van der Waals surface area contributed by atoms with Gasteiger partial charge in [0.25, 0.3) is 15.9 Å². The van der Waals surface area contributed by atoms with Gasteiger partial charge in [0.05, 0.1) is 11.0 Å². The van der Waals surface area contributed by atoms with Crippen LogP contribution in [0.15, 0.2) is 53.4 Å². The third-order valence-electron chi connectivity index (χ3n) is 2.91. The summed E-state index contributed by atoms with van der Waals surface area (Å²) in [5, 5.41) is 0.418. The van der Waals surface area contributed by atoms with Crippen LogP contribution in [0.25, 0.3) is 0 Å². The van der Waals surface area contributed by atoms with Gasteiger partial charge < -0.3 is 4.74 Å². The van der Waals surface area contributed by atoms with Crippen LogP contribution in [0.5, 0.6) is 5.75 Å². The number of benzene rings is 2. The van der Waals surface area contributed by atoms with Crippen molar-refractivity contribution in [1.82, 2.24) is 10.3 Å². The van der Waals surface area contributed by atoms with Crippen LogP contribution in [-0.2, 0) is 10.0 Å². The van der Waals surface area contributed by atoms with Gasteiger partial charge in [0.2, 0.25) is 0 Å². The van der Waals surface area contributed by atoms with Gasteiger partial charge in [-0.05, 0) is 62.4 Å². The lowest BCUT2D eigenvalue weighted by Gasteiger charge is -2.11. The Labute approximate surface area is 145 Å². The van der Waals surface area contributed by atoms with Crippen LogP contribution in [0, 0.1) is 0 Å². The van der Waals surface area contributed by atoms with Gasteiger partial charge in [-0.25, -0.2) is 8.42 Å². The molecule has 0 fully saturated rings. The first-order valence-corrected chi connectivity index (χ1v) is 8.98. The Morgan fingerprint density at radius 3 is 2.17 bits per heavy atom. The number of nitrogens with one attached hydrogen (secondary N) is 2. The van der Waals surface area contributed by atoms with E-state index in [4.69, 9.17) is 16.3 Å². The van der Waals surface area contributed by atoms with E-state index in [-0.39, 0.29) is 11.0 Å². The summed E-state index contributed by atoms with van der Waals surface area (Å²) < 4.78 is 29.6. The standard InChI is InChI=1S/C16H17ClN2O4S/c1-11(2)23-14-7-3-12(4-8-14)16(20)18-19-24(21,22)15-9-5-13(17)6-10-15/h3-11,19H,1-2H3,(H,18,20). The lowest BCUT2D eigenvalue weighted by molar-refractivity contribution is 0.0945. The summed E-state index contributed by atoms with van der Waals surface area (Å²) in [6.07, 6.45) is 0.0239. The average molecular weight is 369 g/mol. The molecular weight excluding hydrogens is 352 g/mol. The highest BCUT2D eigenvalue weighted by Crippen LogP contribution is 2.15. The number of hydrogen-bond donors (Lipinski definition) is 2. The largest absolute Gasteiger partial charge is 0.491 e. The predicted molar refractivity (Wildman–Crippen MR) is 91.4 cm³/mol. The Hall–Kier alpha value is -2.09. The van der Waals surface area contributed by atoms with Crippen LogP contribution < -0.4 is 15.0 Å². The van der Waals surface area contributed by atoms with Crippen molar-refractivity contribution < 1.29 is 17.9 Å². The highest BCUT2D eigenvalue weighted by atomic mass is 35.5. The van der Waals surface area contributed by atoms with Gasteiger partial charge >= 0.3 is 0 Å². The summed E-state index contributed by atoms with van der Waals surface area (Å²) in [5.41, 5.74) is 2.46. The van der Waals surface area contributed by atoms with Crippen molar-refractivity contribution in [2.45, 2.75) is 24.8 Å². The minimum absolute atomic E-state index is 0.00659. The van der Waals surface area contributed by atoms with Gasteiger partial charge in [0.15, 0.2) is 0 Å². The van der Waals surface area contributed by atoms with E-state index < -0.39 is 15.9 Å². The molecule has 128 valence electrons. The molecule has 0 saturated heterocycles. The summed E-state index contributed by atoms with van der Waals surface area (Å²) in [4.78, 5) is 14.0. The summed E-state index contributed by atoms with van der Waals surface area (Å²) in [6.45, 7) is 3.79. The zero-order valence-corrected chi connectivity index (χ0v) is 14.7. The number of carbonyl (C=O) groups is 1. The van der Waals surface area contributed by atoms with Gasteiger partial charge in [0, 0.05) is 10.6 Å². The maximum absolute atomic E-state index is 12.1. The van der Waals surface area contributed by atoms with E-state index in [0.29, 0.717) is 16.3 Å². The molecule has 0 bridgehead atoms. The van der Waals surface area contributed by atoms with Crippen LogP contribution >= 0.6 is 11.6 Å². The summed E-state index contributed by atoms with van der Waals surface area (Å²) in [6, 6.07) is 12.0. The molecule has 0 heterocycles. The molecule has 1 amide bonds. The third-order valence-corrected chi connectivity index (χ3v) is 4.43. The van der Waals surface area contributed by atoms with Gasteiger partial charge in [-0.3, -0.25) is 10.2 Å². The molecule has 2 aromatic carbocycles. The number of halogens is 1. The lowest BCUT2D eigenvalue weighted by atomic mass is 10.2. The smallest absolute Gasteiger partial charge is 0.266 e. The molecule has 2 rings (SSSR count). The topological polar surface area (TPSA) is 84.5 Å². The summed E-state index contributed by atoms with van der Waals surface area (Å²) in [5.74, 6) is 0.0481. The van der Waals surface area contributed by atoms with Crippen molar-refractivity contribution in [3.05, 3.63) is 59.1 Å². The van der Waals surface area contributed by atoms with E-state index in [1.54, 1.807) is 24.3 Å². The van der Waals surface area contributed by atoms with Crippen LogP contribution in [0.4, 0.5) is 0 Å². The van der Waals surface area contributed by atoms with Crippen molar-refractivity contribution in [1.29, 1.82) is 0 Å². The minimum Gasteiger partial charge on any atom is -0.491 e. The molecule has 0 saturated carbocycles. The first-order valence-electron chi connectivity index (χ1n) is 7.12. The number of amides is 1. The molecule has 0 unspecified atom stereocenters. The molecule has 0 aliphatic rings. The Balaban J connectivity index is 2.00. The summed E-state index contributed by atoms with van der Waals surface area (Å²) >= 11 is 5.72. The zero-order chi connectivity index (χ0) is 17.7. The molecule has 0 aromatic heterocycles. The van der Waals surface area contributed by atoms with E-state index in [2.05, 4.69) is 5.43 Å². The van der Waals surface area contributed by atoms with Gasteiger partial charge in [0.1, 0.15) is 5.75 Å². The Bertz CT molecular complexity index is 803. The van der Waals surface area contributed by atoms with Crippen molar-refractivity contribution in [2.24, 2.45) is 0 Å². The van der Waals surface area contributed by atoms with E-state index in [1.807, 2.05) is 18.7 Å².